The molecule has 4 aromatic rings. The zero-order chi connectivity index (χ0) is 37.9. The fraction of sp³-hybridized carbons (Fsp3) is 0.425. The smallest absolute Gasteiger partial charge is 0.293 e. The zero-order valence-corrected chi connectivity index (χ0v) is 32.0. The van der Waals surface area contributed by atoms with Crippen LogP contribution in [0, 0.1) is 5.41 Å². The first-order valence-corrected chi connectivity index (χ1v) is 19.3. The Bertz CT molecular complexity index is 2230. The van der Waals surface area contributed by atoms with Crippen molar-refractivity contribution in [1.29, 1.82) is 0 Å². The minimum absolute atomic E-state index is 0.0606. The van der Waals surface area contributed by atoms with Crippen LogP contribution < -0.4 is 26.0 Å². The first kappa shape index (κ1) is 36.1. The predicted octanol–water partition coefficient (Wildman–Crippen LogP) is 4.50. The molecule has 13 nitrogen and oxygen atoms in total. The van der Waals surface area contributed by atoms with Crippen LogP contribution in [0.1, 0.15) is 52.0 Å². The Labute approximate surface area is 318 Å². The van der Waals surface area contributed by atoms with Crippen molar-refractivity contribution in [2.45, 2.75) is 58.7 Å². The van der Waals surface area contributed by atoms with Crippen molar-refractivity contribution in [2.24, 2.45) is 12.5 Å². The third kappa shape index (κ3) is 6.50. The normalized spacial score (nSPS) is 19.6. The van der Waals surface area contributed by atoms with Crippen LogP contribution in [0.5, 0.6) is 0 Å². The molecule has 6 heterocycles. The van der Waals surface area contributed by atoms with Crippen molar-refractivity contribution in [3.05, 3.63) is 86.1 Å². The van der Waals surface area contributed by atoms with Crippen LogP contribution >= 0.6 is 11.3 Å². The van der Waals surface area contributed by atoms with Gasteiger partial charge in [0.15, 0.2) is 5.82 Å². The molecule has 0 spiro atoms. The Morgan fingerprint density at radius 3 is 2.69 bits per heavy atom. The van der Waals surface area contributed by atoms with Gasteiger partial charge in [-0.3, -0.25) is 24.2 Å². The molecule has 0 bridgehead atoms. The van der Waals surface area contributed by atoms with Gasteiger partial charge in [0.05, 0.1) is 47.8 Å². The van der Waals surface area contributed by atoms with E-state index in [9.17, 15) is 19.5 Å². The number of nitrogens with one attached hydrogen (secondary N) is 2. The van der Waals surface area contributed by atoms with Gasteiger partial charge in [-0.1, -0.05) is 20.4 Å². The van der Waals surface area contributed by atoms with Gasteiger partial charge >= 0.3 is 0 Å². The summed E-state index contributed by atoms with van der Waals surface area (Å²) < 4.78 is 6.85. The van der Waals surface area contributed by atoms with Crippen molar-refractivity contribution < 1.29 is 19.4 Å². The standard InChI is InChI=1S/C40H46N8O5S/c1-6-34(50)43-30-15-24(7-8-32(30)47-14-13-46(18-23(47)2)25-21-53-22-25)42-36-39(52)45(5)19-31(44-36)26-9-11-41-37(29(26)20-49)48-12-10-27-28-16-40(3,4)17-33(28)54-35(27)38(48)51/h6-9,11,15,19,23,25,49H,1,10,12-14,16-18,20-22H2,2-5H3,(H,42,44)(H,43,50)/t23-/m0/s1. The van der Waals surface area contributed by atoms with Gasteiger partial charge in [-0.15, -0.1) is 11.3 Å². The lowest BCUT2D eigenvalue weighted by Crippen LogP contribution is -2.59. The topological polar surface area (TPSA) is 145 Å². The third-order valence-electron chi connectivity index (χ3n) is 11.1. The average molecular weight is 751 g/mol. The molecule has 2 fully saturated rings. The molecule has 282 valence electrons. The molecule has 0 unspecified atom stereocenters. The molecule has 1 aromatic carbocycles. The minimum Gasteiger partial charge on any atom is -0.392 e. The first-order chi connectivity index (χ1) is 25.9. The Hall–Kier alpha value is -4.89. The number of fused-ring (bicyclic) bond motifs is 3. The SMILES string of the molecule is C=CC(=O)Nc1cc(Nc2nc(-c3ccnc(N4CCc5c(sc6c5CC(C)(C)C6)C4=O)c3CO)cn(C)c2=O)ccc1N1CCN(C2COC2)C[C@@H]1C. The van der Waals surface area contributed by atoms with Crippen molar-refractivity contribution in [3.8, 4) is 11.3 Å². The Morgan fingerprint density at radius 1 is 1.15 bits per heavy atom. The molecular weight excluding hydrogens is 705 g/mol. The number of aliphatic hydroxyl groups is 1. The fourth-order valence-electron chi connectivity index (χ4n) is 8.28. The molecule has 0 radical (unpaired) electrons. The maximum absolute atomic E-state index is 14.0. The van der Waals surface area contributed by atoms with Crippen LogP contribution in [-0.4, -0.2) is 87.8 Å². The minimum atomic E-state index is -0.382. The molecule has 1 aliphatic carbocycles. The number of amides is 2. The second-order valence-corrected chi connectivity index (χ2v) is 16.6. The summed E-state index contributed by atoms with van der Waals surface area (Å²) in [5.74, 6) is 0.00269. The van der Waals surface area contributed by atoms with Crippen LogP contribution in [-0.2, 0) is 42.4 Å². The zero-order valence-electron chi connectivity index (χ0n) is 31.1. The van der Waals surface area contributed by atoms with Crippen LogP contribution in [0.4, 0.5) is 28.7 Å². The number of hydrogen-bond acceptors (Lipinski definition) is 11. The number of anilines is 5. The first-order valence-electron chi connectivity index (χ1n) is 18.5. The number of rotatable bonds is 9. The molecule has 4 aliphatic rings. The second kappa shape index (κ2) is 14.1. The molecule has 8 rings (SSSR count). The maximum Gasteiger partial charge on any atom is 0.293 e. The Kier molecular flexibility index (Phi) is 9.41. The van der Waals surface area contributed by atoms with Crippen molar-refractivity contribution in [3.63, 3.8) is 0 Å². The molecule has 3 aliphatic heterocycles. The molecule has 54 heavy (non-hydrogen) atoms. The van der Waals surface area contributed by atoms with Crippen molar-refractivity contribution >= 4 is 51.8 Å². The van der Waals surface area contributed by atoms with Crippen LogP contribution in [0.2, 0.25) is 0 Å². The number of thiophene rings is 1. The quantitative estimate of drug-likeness (QED) is 0.209. The third-order valence-corrected chi connectivity index (χ3v) is 12.4. The van der Waals surface area contributed by atoms with Gasteiger partial charge in [-0.05, 0) is 73.1 Å². The lowest BCUT2D eigenvalue weighted by Gasteiger charge is -2.46. The van der Waals surface area contributed by atoms with Gasteiger partial charge in [0, 0.05) is 73.4 Å². The van der Waals surface area contributed by atoms with E-state index in [2.05, 4.69) is 52.8 Å². The number of carbonyl (C=O) groups is 2. The molecule has 1 atom stereocenters. The summed E-state index contributed by atoms with van der Waals surface area (Å²) in [5.41, 5.74) is 5.79. The van der Waals surface area contributed by atoms with Gasteiger partial charge in [-0.25, -0.2) is 9.97 Å². The van der Waals surface area contributed by atoms with E-state index < -0.39 is 0 Å². The number of carbonyl (C=O) groups excluding carboxylic acids is 2. The number of benzene rings is 1. The number of aryl methyl sites for hydroxylation is 1. The molecule has 2 amide bonds. The second-order valence-electron chi connectivity index (χ2n) is 15.5. The van der Waals surface area contributed by atoms with Crippen LogP contribution in [0.15, 0.2) is 54.1 Å². The largest absolute Gasteiger partial charge is 0.392 e. The summed E-state index contributed by atoms with van der Waals surface area (Å²) in [5, 5.41) is 16.9. The monoisotopic (exact) mass is 750 g/mol. The number of nitrogens with zero attached hydrogens (tertiary/aromatic N) is 6. The molecule has 0 saturated carbocycles. The number of aliphatic hydroxyl groups excluding tert-OH is 1. The van der Waals surface area contributed by atoms with Gasteiger partial charge in [0.2, 0.25) is 5.91 Å². The van der Waals surface area contributed by atoms with Crippen molar-refractivity contribution in [1.82, 2.24) is 19.4 Å². The van der Waals surface area contributed by atoms with E-state index in [4.69, 9.17) is 9.72 Å². The summed E-state index contributed by atoms with van der Waals surface area (Å²) in [4.78, 5) is 57.9. The molecule has 14 heteroatoms. The number of piperazine rings is 1. The summed E-state index contributed by atoms with van der Waals surface area (Å²) in [6.45, 7) is 14.5. The van der Waals surface area contributed by atoms with Gasteiger partial charge in [0.1, 0.15) is 5.82 Å². The highest BCUT2D eigenvalue weighted by molar-refractivity contribution is 7.14. The van der Waals surface area contributed by atoms with E-state index in [0.717, 1.165) is 68.2 Å². The molecule has 3 aromatic heterocycles. The maximum atomic E-state index is 14.0. The van der Waals surface area contributed by atoms with Crippen LogP contribution in [0.3, 0.4) is 0 Å². The number of ether oxygens (including phenoxy) is 1. The summed E-state index contributed by atoms with van der Waals surface area (Å²) in [6.07, 6.45) is 7.13. The van der Waals surface area contributed by atoms with E-state index in [0.29, 0.717) is 46.6 Å². The number of aromatic nitrogens is 3. The predicted molar refractivity (Wildman–Crippen MR) is 211 cm³/mol. The van der Waals surface area contributed by atoms with E-state index in [-0.39, 0.29) is 41.3 Å². The average Bonchev–Trinajstić information content (AvgIpc) is 3.61. The highest BCUT2D eigenvalue weighted by Crippen LogP contribution is 2.46. The van der Waals surface area contributed by atoms with Gasteiger partial charge in [0.25, 0.3) is 11.5 Å². The highest BCUT2D eigenvalue weighted by Gasteiger charge is 2.39. The number of hydrogen-bond donors (Lipinski definition) is 3. The Morgan fingerprint density at radius 2 is 1.96 bits per heavy atom. The van der Waals surface area contributed by atoms with Crippen LogP contribution in [0.25, 0.3) is 11.3 Å². The lowest BCUT2D eigenvalue weighted by atomic mass is 9.89. The van der Waals surface area contributed by atoms with Gasteiger partial charge in [-0.2, -0.15) is 0 Å². The summed E-state index contributed by atoms with van der Waals surface area (Å²) in [7, 11) is 1.64. The van der Waals surface area contributed by atoms with E-state index in [1.165, 1.54) is 21.1 Å². The summed E-state index contributed by atoms with van der Waals surface area (Å²) >= 11 is 1.59. The van der Waals surface area contributed by atoms with E-state index >= 15 is 0 Å². The molecule has 2 saturated heterocycles. The van der Waals surface area contributed by atoms with Gasteiger partial charge < -0.3 is 29.9 Å². The van der Waals surface area contributed by atoms with E-state index in [1.807, 2.05) is 12.1 Å². The molecular formula is C40H46N8O5S. The Balaban J connectivity index is 1.08. The summed E-state index contributed by atoms with van der Waals surface area (Å²) in [6, 6.07) is 7.99. The van der Waals surface area contributed by atoms with E-state index in [1.54, 1.807) is 47.8 Å². The lowest BCUT2D eigenvalue weighted by molar-refractivity contribution is -0.111. The van der Waals surface area contributed by atoms with Crippen molar-refractivity contribution in [2.75, 3.05) is 59.8 Å². The highest BCUT2D eigenvalue weighted by atomic mass is 32.1. The fourth-order valence-corrected chi connectivity index (χ4v) is 9.86. The molecule has 3 N–H and O–H groups in total. The number of pyridine rings is 1.